The molecule has 0 amide bonds. The van der Waals surface area contributed by atoms with E-state index < -0.39 is 0 Å². The Morgan fingerprint density at radius 3 is 2.41 bits per heavy atom. The Balaban J connectivity index is 1.54. The second-order valence-corrected chi connectivity index (χ2v) is 6.32. The first-order chi connectivity index (χ1) is 8.28. The third-order valence-corrected chi connectivity index (χ3v) is 5.47. The summed E-state index contributed by atoms with van der Waals surface area (Å²) >= 11 is 0. The third kappa shape index (κ3) is 2.25. The summed E-state index contributed by atoms with van der Waals surface area (Å²) in [5, 5.41) is 13.4. The number of likely N-dealkylation sites (tertiary alicyclic amines) is 1. The van der Waals surface area contributed by atoms with E-state index >= 15 is 0 Å². The Morgan fingerprint density at radius 1 is 1.00 bits per heavy atom. The van der Waals surface area contributed by atoms with E-state index in [0.29, 0.717) is 5.92 Å². The topological polar surface area (TPSA) is 35.5 Å². The minimum atomic E-state index is -0.00125. The molecule has 2 N–H and O–H groups in total. The van der Waals surface area contributed by atoms with Crippen molar-refractivity contribution in [1.82, 2.24) is 10.2 Å². The molecule has 2 saturated carbocycles. The second-order valence-electron chi connectivity index (χ2n) is 6.32. The summed E-state index contributed by atoms with van der Waals surface area (Å²) in [6.45, 7) is 2.43. The van der Waals surface area contributed by atoms with Crippen LogP contribution in [0.1, 0.15) is 38.5 Å². The minimum absolute atomic E-state index is 0.00125. The van der Waals surface area contributed by atoms with Gasteiger partial charge in [0.2, 0.25) is 0 Å². The van der Waals surface area contributed by atoms with Gasteiger partial charge in [0.05, 0.1) is 6.10 Å². The molecule has 3 aliphatic rings. The van der Waals surface area contributed by atoms with Crippen LogP contribution in [-0.2, 0) is 0 Å². The van der Waals surface area contributed by atoms with Gasteiger partial charge in [-0.2, -0.15) is 0 Å². The van der Waals surface area contributed by atoms with Crippen LogP contribution < -0.4 is 5.32 Å². The van der Waals surface area contributed by atoms with Gasteiger partial charge in [0.15, 0.2) is 0 Å². The van der Waals surface area contributed by atoms with Crippen LogP contribution in [0.15, 0.2) is 0 Å². The molecule has 3 rings (SSSR count). The molecule has 3 fully saturated rings. The first kappa shape index (κ1) is 11.9. The molecule has 98 valence electrons. The molecule has 0 spiro atoms. The van der Waals surface area contributed by atoms with Crippen molar-refractivity contribution in [3.63, 3.8) is 0 Å². The van der Waals surface area contributed by atoms with Gasteiger partial charge in [-0.25, -0.2) is 0 Å². The van der Waals surface area contributed by atoms with Crippen molar-refractivity contribution < 1.29 is 5.11 Å². The van der Waals surface area contributed by atoms with E-state index in [2.05, 4.69) is 17.3 Å². The molecule has 3 heteroatoms. The fourth-order valence-corrected chi connectivity index (χ4v) is 4.30. The van der Waals surface area contributed by atoms with E-state index in [1.165, 1.54) is 45.2 Å². The summed E-state index contributed by atoms with van der Waals surface area (Å²) in [5.74, 6) is 1.39. The molecule has 1 saturated heterocycles. The Labute approximate surface area is 105 Å². The van der Waals surface area contributed by atoms with Crippen molar-refractivity contribution in [2.45, 2.75) is 56.7 Å². The van der Waals surface area contributed by atoms with E-state index in [4.69, 9.17) is 0 Å². The number of aliphatic hydroxyl groups excluding tert-OH is 1. The molecule has 1 heterocycles. The number of aliphatic hydroxyl groups is 1. The van der Waals surface area contributed by atoms with Crippen molar-refractivity contribution >= 4 is 0 Å². The Morgan fingerprint density at radius 2 is 1.76 bits per heavy atom. The average Bonchev–Trinajstić information content (AvgIpc) is 2.92. The van der Waals surface area contributed by atoms with Crippen LogP contribution in [0.5, 0.6) is 0 Å². The summed E-state index contributed by atoms with van der Waals surface area (Å²) in [5.41, 5.74) is 0. The van der Waals surface area contributed by atoms with Gasteiger partial charge < -0.3 is 10.4 Å². The summed E-state index contributed by atoms with van der Waals surface area (Å²) < 4.78 is 0. The van der Waals surface area contributed by atoms with Gasteiger partial charge in [0.1, 0.15) is 0 Å². The lowest BCUT2D eigenvalue weighted by atomic mass is 9.90. The lowest BCUT2D eigenvalue weighted by Gasteiger charge is -2.35. The SMILES string of the molecule is CNC1CCC(N2CC3CCC(O)C3C2)CC1. The molecule has 0 radical (unpaired) electrons. The number of fused-ring (bicyclic) bond motifs is 1. The van der Waals surface area contributed by atoms with Crippen LogP contribution in [0, 0.1) is 11.8 Å². The Bertz CT molecular complexity index is 263. The lowest BCUT2D eigenvalue weighted by Crippen LogP contribution is -2.41. The number of nitrogens with zero attached hydrogens (tertiary/aromatic N) is 1. The summed E-state index contributed by atoms with van der Waals surface area (Å²) in [6, 6.07) is 1.55. The van der Waals surface area contributed by atoms with Crippen molar-refractivity contribution in [2.24, 2.45) is 11.8 Å². The van der Waals surface area contributed by atoms with Crippen molar-refractivity contribution in [1.29, 1.82) is 0 Å². The standard InChI is InChI=1S/C14H26N2O/c1-15-11-3-5-12(6-4-11)16-8-10-2-7-14(17)13(10)9-16/h10-15,17H,2-9H2,1H3. The van der Waals surface area contributed by atoms with Crippen LogP contribution in [0.2, 0.25) is 0 Å². The zero-order chi connectivity index (χ0) is 11.8. The van der Waals surface area contributed by atoms with Crippen LogP contribution in [0.25, 0.3) is 0 Å². The van der Waals surface area contributed by atoms with Gasteiger partial charge in [0.25, 0.3) is 0 Å². The van der Waals surface area contributed by atoms with Gasteiger partial charge in [-0.1, -0.05) is 0 Å². The average molecular weight is 238 g/mol. The van der Waals surface area contributed by atoms with Crippen molar-refractivity contribution in [2.75, 3.05) is 20.1 Å². The maximum absolute atomic E-state index is 9.96. The molecule has 3 unspecified atom stereocenters. The van der Waals surface area contributed by atoms with E-state index in [-0.39, 0.29) is 6.10 Å². The minimum Gasteiger partial charge on any atom is -0.393 e. The molecular weight excluding hydrogens is 212 g/mol. The van der Waals surface area contributed by atoms with Gasteiger partial charge >= 0.3 is 0 Å². The predicted molar refractivity (Wildman–Crippen MR) is 68.9 cm³/mol. The van der Waals surface area contributed by atoms with E-state index in [1.54, 1.807) is 0 Å². The normalized spacial score (nSPS) is 47.3. The number of hydrogen-bond donors (Lipinski definition) is 2. The highest BCUT2D eigenvalue weighted by atomic mass is 16.3. The summed E-state index contributed by atoms with van der Waals surface area (Å²) in [6.07, 6.45) is 7.66. The smallest absolute Gasteiger partial charge is 0.0583 e. The van der Waals surface area contributed by atoms with Gasteiger partial charge in [-0.15, -0.1) is 0 Å². The van der Waals surface area contributed by atoms with Crippen LogP contribution >= 0.6 is 0 Å². The summed E-state index contributed by atoms with van der Waals surface area (Å²) in [4.78, 5) is 2.68. The van der Waals surface area contributed by atoms with Crippen molar-refractivity contribution in [3.05, 3.63) is 0 Å². The van der Waals surface area contributed by atoms with Gasteiger partial charge in [0, 0.05) is 31.1 Å². The van der Waals surface area contributed by atoms with E-state index in [1.807, 2.05) is 0 Å². The van der Waals surface area contributed by atoms with E-state index in [0.717, 1.165) is 24.4 Å². The molecule has 3 atom stereocenters. The maximum Gasteiger partial charge on any atom is 0.0583 e. The van der Waals surface area contributed by atoms with Crippen LogP contribution in [-0.4, -0.2) is 48.3 Å². The zero-order valence-corrected chi connectivity index (χ0v) is 10.9. The number of nitrogens with one attached hydrogen (secondary N) is 1. The maximum atomic E-state index is 9.96. The van der Waals surface area contributed by atoms with E-state index in [9.17, 15) is 5.11 Å². The Kier molecular flexibility index (Phi) is 3.42. The molecular formula is C14H26N2O. The highest BCUT2D eigenvalue weighted by Gasteiger charge is 2.43. The third-order valence-electron chi connectivity index (χ3n) is 5.47. The molecule has 17 heavy (non-hydrogen) atoms. The molecule has 0 aromatic heterocycles. The molecule has 0 aromatic carbocycles. The molecule has 0 bridgehead atoms. The number of hydrogen-bond acceptors (Lipinski definition) is 3. The Hall–Kier alpha value is -0.120. The molecule has 0 aromatic rings. The molecule has 3 nitrogen and oxygen atoms in total. The van der Waals surface area contributed by atoms with Crippen LogP contribution in [0.3, 0.4) is 0 Å². The first-order valence-corrected chi connectivity index (χ1v) is 7.37. The monoisotopic (exact) mass is 238 g/mol. The quantitative estimate of drug-likeness (QED) is 0.759. The highest BCUT2D eigenvalue weighted by Crippen LogP contribution is 2.40. The molecule has 2 aliphatic carbocycles. The zero-order valence-electron chi connectivity index (χ0n) is 10.9. The fourth-order valence-electron chi connectivity index (χ4n) is 4.30. The largest absolute Gasteiger partial charge is 0.393 e. The van der Waals surface area contributed by atoms with Gasteiger partial charge in [-0.3, -0.25) is 4.90 Å². The fraction of sp³-hybridized carbons (Fsp3) is 1.00. The second kappa shape index (κ2) is 4.87. The molecule has 1 aliphatic heterocycles. The van der Waals surface area contributed by atoms with Gasteiger partial charge in [-0.05, 0) is 51.5 Å². The van der Waals surface area contributed by atoms with Crippen molar-refractivity contribution in [3.8, 4) is 0 Å². The number of rotatable bonds is 2. The predicted octanol–water partition coefficient (Wildman–Crippen LogP) is 1.22. The summed E-state index contributed by atoms with van der Waals surface area (Å²) in [7, 11) is 2.08. The van der Waals surface area contributed by atoms with Crippen LogP contribution in [0.4, 0.5) is 0 Å². The highest BCUT2D eigenvalue weighted by molar-refractivity contribution is 4.96. The first-order valence-electron chi connectivity index (χ1n) is 7.37. The lowest BCUT2D eigenvalue weighted by molar-refractivity contribution is 0.109.